The van der Waals surface area contributed by atoms with Crippen LogP contribution < -0.4 is 10.1 Å². The van der Waals surface area contributed by atoms with E-state index >= 15 is 0 Å². The summed E-state index contributed by atoms with van der Waals surface area (Å²) in [7, 11) is 0. The highest BCUT2D eigenvalue weighted by Crippen LogP contribution is 2.31. The van der Waals surface area contributed by atoms with Gasteiger partial charge in [-0.05, 0) is 50.3 Å². The van der Waals surface area contributed by atoms with Gasteiger partial charge >= 0.3 is 0 Å². The first kappa shape index (κ1) is 15.4. The Morgan fingerprint density at radius 3 is 2.60 bits per heavy atom. The van der Waals surface area contributed by atoms with E-state index in [1.807, 2.05) is 6.07 Å². The van der Waals surface area contributed by atoms with Gasteiger partial charge in [0.25, 0.3) is 0 Å². The van der Waals surface area contributed by atoms with Crippen LogP contribution in [0.5, 0.6) is 5.75 Å². The number of para-hydroxylation sites is 1. The Bertz CT molecular complexity index is 365. The van der Waals surface area contributed by atoms with Crippen molar-refractivity contribution in [2.45, 2.75) is 64.5 Å². The SMILES string of the molecule is CCCNC1CCC(CCC)CC1Oc1ccccc1. The van der Waals surface area contributed by atoms with Crippen LogP contribution in [0.4, 0.5) is 0 Å². The zero-order valence-corrected chi connectivity index (χ0v) is 13.0. The third kappa shape index (κ3) is 4.52. The number of rotatable bonds is 7. The number of benzene rings is 1. The van der Waals surface area contributed by atoms with Gasteiger partial charge in [0.1, 0.15) is 11.9 Å². The minimum Gasteiger partial charge on any atom is -0.489 e. The fourth-order valence-electron chi connectivity index (χ4n) is 3.25. The summed E-state index contributed by atoms with van der Waals surface area (Å²) in [5, 5.41) is 3.68. The Labute approximate surface area is 123 Å². The van der Waals surface area contributed by atoms with Crippen LogP contribution in [0.15, 0.2) is 30.3 Å². The molecule has 0 heterocycles. The number of hydrogen-bond acceptors (Lipinski definition) is 2. The maximum Gasteiger partial charge on any atom is 0.119 e. The molecule has 0 amide bonds. The van der Waals surface area contributed by atoms with Gasteiger partial charge in [0.05, 0.1) is 0 Å². The van der Waals surface area contributed by atoms with Crippen molar-refractivity contribution in [3.05, 3.63) is 30.3 Å². The Morgan fingerprint density at radius 1 is 1.10 bits per heavy atom. The lowest BCUT2D eigenvalue weighted by Gasteiger charge is -2.37. The summed E-state index contributed by atoms with van der Waals surface area (Å²) in [5.74, 6) is 1.85. The van der Waals surface area contributed by atoms with E-state index in [4.69, 9.17) is 4.74 Å². The van der Waals surface area contributed by atoms with Crippen LogP contribution in [0.3, 0.4) is 0 Å². The zero-order valence-electron chi connectivity index (χ0n) is 13.0. The van der Waals surface area contributed by atoms with Crippen molar-refractivity contribution in [2.75, 3.05) is 6.54 Å². The summed E-state index contributed by atoms with van der Waals surface area (Å²) >= 11 is 0. The highest BCUT2D eigenvalue weighted by molar-refractivity contribution is 5.21. The van der Waals surface area contributed by atoms with Gasteiger partial charge in [-0.3, -0.25) is 0 Å². The van der Waals surface area contributed by atoms with Crippen LogP contribution in [0.2, 0.25) is 0 Å². The lowest BCUT2D eigenvalue weighted by atomic mass is 9.81. The fraction of sp³-hybridized carbons (Fsp3) is 0.667. The Balaban J connectivity index is 1.97. The first-order valence-electron chi connectivity index (χ1n) is 8.28. The van der Waals surface area contributed by atoms with Crippen molar-refractivity contribution in [1.82, 2.24) is 5.32 Å². The topological polar surface area (TPSA) is 21.3 Å². The van der Waals surface area contributed by atoms with E-state index in [-0.39, 0.29) is 0 Å². The number of hydrogen-bond donors (Lipinski definition) is 1. The van der Waals surface area contributed by atoms with Gasteiger partial charge in [-0.2, -0.15) is 0 Å². The van der Waals surface area contributed by atoms with Gasteiger partial charge in [0.2, 0.25) is 0 Å². The van der Waals surface area contributed by atoms with Crippen molar-refractivity contribution >= 4 is 0 Å². The molecule has 2 rings (SSSR count). The first-order valence-corrected chi connectivity index (χ1v) is 8.28. The third-order valence-electron chi connectivity index (χ3n) is 4.28. The van der Waals surface area contributed by atoms with Crippen LogP contribution >= 0.6 is 0 Å². The summed E-state index contributed by atoms with van der Waals surface area (Å²) in [6.45, 7) is 5.61. The summed E-state index contributed by atoms with van der Waals surface area (Å²) < 4.78 is 6.28. The maximum absolute atomic E-state index is 6.28. The second-order valence-corrected chi connectivity index (χ2v) is 6.00. The molecule has 3 atom stereocenters. The van der Waals surface area contributed by atoms with Crippen LogP contribution in [0, 0.1) is 5.92 Å². The van der Waals surface area contributed by atoms with Crippen molar-refractivity contribution in [3.8, 4) is 5.75 Å². The lowest BCUT2D eigenvalue weighted by Crippen LogP contribution is -2.47. The summed E-state index contributed by atoms with van der Waals surface area (Å²) in [6, 6.07) is 10.8. The Kier molecular flexibility index (Phi) is 6.38. The molecule has 0 saturated heterocycles. The van der Waals surface area contributed by atoms with E-state index in [0.717, 1.165) is 18.2 Å². The van der Waals surface area contributed by atoms with Crippen molar-refractivity contribution in [1.29, 1.82) is 0 Å². The van der Waals surface area contributed by atoms with E-state index < -0.39 is 0 Å². The molecule has 0 aromatic heterocycles. The average molecular weight is 275 g/mol. The molecule has 0 aliphatic heterocycles. The summed E-state index contributed by atoms with van der Waals surface area (Å²) in [4.78, 5) is 0. The standard InChI is InChI=1S/C18H29NO/c1-3-8-15-11-12-17(19-13-4-2)18(14-15)20-16-9-6-5-7-10-16/h5-7,9-10,15,17-19H,3-4,8,11-14H2,1-2H3. The molecule has 1 aromatic carbocycles. The minimum atomic E-state index is 0.328. The smallest absolute Gasteiger partial charge is 0.119 e. The maximum atomic E-state index is 6.28. The monoisotopic (exact) mass is 275 g/mol. The highest BCUT2D eigenvalue weighted by Gasteiger charge is 2.31. The molecule has 3 unspecified atom stereocenters. The Morgan fingerprint density at radius 2 is 1.90 bits per heavy atom. The second-order valence-electron chi connectivity index (χ2n) is 6.00. The fourth-order valence-corrected chi connectivity index (χ4v) is 3.25. The van der Waals surface area contributed by atoms with Crippen LogP contribution in [-0.4, -0.2) is 18.7 Å². The minimum absolute atomic E-state index is 0.328. The van der Waals surface area contributed by atoms with E-state index in [9.17, 15) is 0 Å². The zero-order chi connectivity index (χ0) is 14.2. The van der Waals surface area contributed by atoms with Crippen LogP contribution in [0.1, 0.15) is 52.4 Å². The molecule has 1 aromatic rings. The molecule has 112 valence electrons. The van der Waals surface area contributed by atoms with Crippen molar-refractivity contribution in [2.24, 2.45) is 5.92 Å². The molecule has 2 nitrogen and oxygen atoms in total. The molecule has 0 radical (unpaired) electrons. The second kappa shape index (κ2) is 8.31. The van der Waals surface area contributed by atoms with Gasteiger partial charge in [0.15, 0.2) is 0 Å². The van der Waals surface area contributed by atoms with Gasteiger partial charge < -0.3 is 10.1 Å². The number of ether oxygens (including phenoxy) is 1. The van der Waals surface area contributed by atoms with Crippen molar-refractivity contribution < 1.29 is 4.74 Å². The van der Waals surface area contributed by atoms with Crippen LogP contribution in [0.25, 0.3) is 0 Å². The van der Waals surface area contributed by atoms with Gasteiger partial charge in [-0.1, -0.05) is 44.9 Å². The van der Waals surface area contributed by atoms with Gasteiger partial charge in [-0.25, -0.2) is 0 Å². The first-order chi connectivity index (χ1) is 9.83. The summed E-state index contributed by atoms with van der Waals surface area (Å²) in [6.07, 6.45) is 7.95. The Hall–Kier alpha value is -1.02. The number of nitrogens with one attached hydrogen (secondary N) is 1. The van der Waals surface area contributed by atoms with E-state index in [2.05, 4.69) is 43.4 Å². The van der Waals surface area contributed by atoms with E-state index in [0.29, 0.717) is 12.1 Å². The quantitative estimate of drug-likeness (QED) is 0.796. The molecule has 20 heavy (non-hydrogen) atoms. The molecule has 2 heteroatoms. The van der Waals surface area contributed by atoms with Crippen LogP contribution in [-0.2, 0) is 0 Å². The molecule has 0 bridgehead atoms. The molecule has 1 fully saturated rings. The largest absolute Gasteiger partial charge is 0.489 e. The molecule has 1 aliphatic rings. The molecule has 1 N–H and O–H groups in total. The van der Waals surface area contributed by atoms with Crippen molar-refractivity contribution in [3.63, 3.8) is 0 Å². The van der Waals surface area contributed by atoms with E-state index in [1.54, 1.807) is 0 Å². The predicted molar refractivity (Wildman–Crippen MR) is 85.2 cm³/mol. The normalized spacial score (nSPS) is 26.4. The van der Waals surface area contributed by atoms with E-state index in [1.165, 1.54) is 38.5 Å². The third-order valence-corrected chi connectivity index (χ3v) is 4.28. The molecule has 1 aliphatic carbocycles. The molecular formula is C18H29NO. The molecule has 0 spiro atoms. The average Bonchev–Trinajstić information content (AvgIpc) is 2.48. The molecule has 1 saturated carbocycles. The summed E-state index contributed by atoms with van der Waals surface area (Å²) in [5.41, 5.74) is 0. The van der Waals surface area contributed by atoms with Gasteiger partial charge in [-0.15, -0.1) is 0 Å². The lowest BCUT2D eigenvalue weighted by molar-refractivity contribution is 0.0833. The predicted octanol–water partition coefficient (Wildman–Crippen LogP) is 4.40. The highest BCUT2D eigenvalue weighted by atomic mass is 16.5. The van der Waals surface area contributed by atoms with Gasteiger partial charge in [0, 0.05) is 6.04 Å². The molecular weight excluding hydrogens is 246 g/mol.